The van der Waals surface area contributed by atoms with Gasteiger partial charge in [0.2, 0.25) is 0 Å². The van der Waals surface area contributed by atoms with Gasteiger partial charge in [0.15, 0.2) is 0 Å². The van der Waals surface area contributed by atoms with Gasteiger partial charge < -0.3 is 5.32 Å². The molecule has 0 saturated carbocycles. The first-order chi connectivity index (χ1) is 9.10. The van der Waals surface area contributed by atoms with Gasteiger partial charge in [-0.3, -0.25) is 0 Å². The average molecular weight is 384 g/mol. The molecule has 1 heterocycles. The predicted molar refractivity (Wildman–Crippen MR) is 87.5 cm³/mol. The Morgan fingerprint density at radius 3 is 2.68 bits per heavy atom. The van der Waals surface area contributed by atoms with Crippen LogP contribution in [0.3, 0.4) is 0 Å². The quantitative estimate of drug-likeness (QED) is 0.707. The number of benzene rings is 1. The number of nitrogens with zero attached hydrogens (tertiary/aromatic N) is 1. The fraction of sp³-hybridized carbons (Fsp3) is 0.267. The van der Waals surface area contributed by atoms with Crippen LogP contribution in [-0.2, 0) is 0 Å². The van der Waals surface area contributed by atoms with E-state index >= 15 is 0 Å². The molecule has 1 unspecified atom stereocenters. The van der Waals surface area contributed by atoms with Gasteiger partial charge in [0, 0.05) is 4.47 Å². The Hall–Kier alpha value is -0.870. The monoisotopic (exact) mass is 382 g/mol. The molecule has 1 aromatic carbocycles. The summed E-state index contributed by atoms with van der Waals surface area (Å²) in [6.07, 6.45) is 2.88. The van der Waals surface area contributed by atoms with Crippen molar-refractivity contribution < 1.29 is 0 Å². The minimum atomic E-state index is 0.292. The maximum atomic E-state index is 4.32. The van der Waals surface area contributed by atoms with Gasteiger partial charge in [-0.2, -0.15) is 0 Å². The zero-order chi connectivity index (χ0) is 13.8. The second-order valence-corrected chi connectivity index (χ2v) is 6.16. The first kappa shape index (κ1) is 14.5. The van der Waals surface area contributed by atoms with Crippen molar-refractivity contribution in [3.05, 3.63) is 56.7 Å². The highest BCUT2D eigenvalue weighted by Gasteiger charge is 2.10. The van der Waals surface area contributed by atoms with E-state index in [4.69, 9.17) is 0 Å². The third-order valence-electron chi connectivity index (χ3n) is 3.01. The first-order valence-corrected chi connectivity index (χ1v) is 7.83. The van der Waals surface area contributed by atoms with Crippen LogP contribution in [-0.4, -0.2) is 4.98 Å². The van der Waals surface area contributed by atoms with E-state index in [1.165, 1.54) is 5.56 Å². The second-order valence-electron chi connectivity index (χ2n) is 4.49. The van der Waals surface area contributed by atoms with E-state index in [2.05, 4.69) is 73.3 Å². The molecule has 0 aliphatic carbocycles. The summed E-state index contributed by atoms with van der Waals surface area (Å²) in [7, 11) is 0. The number of anilines is 1. The number of pyridine rings is 1. The summed E-state index contributed by atoms with van der Waals surface area (Å²) in [5.41, 5.74) is 3.46. The van der Waals surface area contributed by atoms with Crippen LogP contribution in [0.1, 0.15) is 30.5 Å². The smallest absolute Gasteiger partial charge is 0.109 e. The lowest BCUT2D eigenvalue weighted by Gasteiger charge is -2.19. The Morgan fingerprint density at radius 1 is 1.26 bits per heavy atom. The fourth-order valence-corrected chi connectivity index (χ4v) is 2.62. The van der Waals surface area contributed by atoms with E-state index in [0.717, 1.165) is 26.7 Å². The maximum Gasteiger partial charge on any atom is 0.109 e. The number of halogens is 2. The van der Waals surface area contributed by atoms with E-state index in [9.17, 15) is 0 Å². The summed E-state index contributed by atoms with van der Waals surface area (Å²) in [6, 6.07) is 10.8. The van der Waals surface area contributed by atoms with Gasteiger partial charge in [-0.05, 0) is 58.6 Å². The van der Waals surface area contributed by atoms with Crippen molar-refractivity contribution in [2.45, 2.75) is 26.3 Å². The standard InChI is InChI=1S/C15H16Br2N2/c1-3-14(11-5-4-6-12(16)8-11)19-13-7-10(2)15(17)18-9-13/h4-9,14,19H,3H2,1-2H3. The van der Waals surface area contributed by atoms with E-state index in [1.807, 2.05) is 19.2 Å². The summed E-state index contributed by atoms with van der Waals surface area (Å²) in [4.78, 5) is 4.32. The maximum absolute atomic E-state index is 4.32. The van der Waals surface area contributed by atoms with E-state index in [0.29, 0.717) is 6.04 Å². The summed E-state index contributed by atoms with van der Waals surface area (Å²) in [6.45, 7) is 4.22. The highest BCUT2D eigenvalue weighted by Crippen LogP contribution is 2.26. The molecule has 1 atom stereocenters. The van der Waals surface area contributed by atoms with Crippen molar-refractivity contribution >= 4 is 37.5 Å². The molecule has 4 heteroatoms. The van der Waals surface area contributed by atoms with Crippen LogP contribution >= 0.6 is 31.9 Å². The van der Waals surface area contributed by atoms with Gasteiger partial charge in [-0.25, -0.2) is 4.98 Å². The van der Waals surface area contributed by atoms with E-state index in [-0.39, 0.29) is 0 Å². The number of aryl methyl sites for hydroxylation is 1. The molecule has 0 fully saturated rings. The summed E-state index contributed by atoms with van der Waals surface area (Å²) >= 11 is 6.94. The Kier molecular flexibility index (Phi) is 4.99. The predicted octanol–water partition coefficient (Wildman–Crippen LogP) is 5.48. The van der Waals surface area contributed by atoms with Crippen LogP contribution in [0.2, 0.25) is 0 Å². The van der Waals surface area contributed by atoms with Crippen LogP contribution in [0.15, 0.2) is 45.6 Å². The average Bonchev–Trinajstić information content (AvgIpc) is 2.40. The minimum absolute atomic E-state index is 0.292. The van der Waals surface area contributed by atoms with Gasteiger partial charge in [0.05, 0.1) is 17.9 Å². The van der Waals surface area contributed by atoms with Crippen molar-refractivity contribution in [3.63, 3.8) is 0 Å². The largest absolute Gasteiger partial charge is 0.377 e. The second kappa shape index (κ2) is 6.53. The molecule has 2 rings (SSSR count). The number of nitrogens with one attached hydrogen (secondary N) is 1. The Balaban J connectivity index is 2.21. The lowest BCUT2D eigenvalue weighted by atomic mass is 10.0. The van der Waals surface area contributed by atoms with Crippen molar-refractivity contribution in [2.75, 3.05) is 5.32 Å². The van der Waals surface area contributed by atoms with Gasteiger partial charge in [0.1, 0.15) is 4.60 Å². The van der Waals surface area contributed by atoms with E-state index in [1.54, 1.807) is 0 Å². The van der Waals surface area contributed by atoms with Crippen molar-refractivity contribution in [3.8, 4) is 0 Å². The molecule has 0 bridgehead atoms. The molecule has 1 N–H and O–H groups in total. The normalized spacial score (nSPS) is 12.2. The third-order valence-corrected chi connectivity index (χ3v) is 4.34. The lowest BCUT2D eigenvalue weighted by Crippen LogP contribution is -2.10. The molecule has 100 valence electrons. The highest BCUT2D eigenvalue weighted by molar-refractivity contribution is 9.10. The number of hydrogen-bond acceptors (Lipinski definition) is 2. The Bertz CT molecular complexity index is 570. The lowest BCUT2D eigenvalue weighted by molar-refractivity contribution is 0.748. The van der Waals surface area contributed by atoms with Gasteiger partial charge in [-0.15, -0.1) is 0 Å². The van der Waals surface area contributed by atoms with Crippen LogP contribution in [0, 0.1) is 6.92 Å². The summed E-state index contributed by atoms with van der Waals surface area (Å²) < 4.78 is 2.00. The van der Waals surface area contributed by atoms with Crippen molar-refractivity contribution in [1.29, 1.82) is 0 Å². The van der Waals surface area contributed by atoms with Crippen LogP contribution in [0.4, 0.5) is 5.69 Å². The molecular formula is C15H16Br2N2. The summed E-state index contributed by atoms with van der Waals surface area (Å²) in [5, 5.41) is 3.54. The topological polar surface area (TPSA) is 24.9 Å². The minimum Gasteiger partial charge on any atom is -0.377 e. The molecule has 0 aliphatic rings. The molecule has 0 aliphatic heterocycles. The van der Waals surface area contributed by atoms with Crippen LogP contribution < -0.4 is 5.32 Å². The molecule has 2 aromatic rings. The number of rotatable bonds is 4. The molecule has 1 aromatic heterocycles. The SMILES string of the molecule is CCC(Nc1cnc(Br)c(C)c1)c1cccc(Br)c1. The first-order valence-electron chi connectivity index (χ1n) is 6.24. The molecular weight excluding hydrogens is 368 g/mol. The van der Waals surface area contributed by atoms with E-state index < -0.39 is 0 Å². The molecule has 0 spiro atoms. The molecule has 2 nitrogen and oxygen atoms in total. The van der Waals surface area contributed by atoms with Gasteiger partial charge in [0.25, 0.3) is 0 Å². The Morgan fingerprint density at radius 2 is 2.05 bits per heavy atom. The molecule has 0 saturated heterocycles. The molecule has 0 radical (unpaired) electrons. The van der Waals surface area contributed by atoms with Gasteiger partial charge in [-0.1, -0.05) is 35.0 Å². The molecule has 19 heavy (non-hydrogen) atoms. The van der Waals surface area contributed by atoms with Crippen LogP contribution in [0.25, 0.3) is 0 Å². The molecule has 0 amide bonds. The van der Waals surface area contributed by atoms with Crippen LogP contribution in [0.5, 0.6) is 0 Å². The number of aromatic nitrogens is 1. The third kappa shape index (κ3) is 3.80. The number of hydrogen-bond donors (Lipinski definition) is 1. The Labute approximate surface area is 130 Å². The van der Waals surface area contributed by atoms with Crippen molar-refractivity contribution in [2.24, 2.45) is 0 Å². The fourth-order valence-electron chi connectivity index (χ4n) is 1.98. The van der Waals surface area contributed by atoms with Crippen molar-refractivity contribution in [1.82, 2.24) is 4.98 Å². The van der Waals surface area contributed by atoms with Gasteiger partial charge >= 0.3 is 0 Å². The zero-order valence-corrected chi connectivity index (χ0v) is 14.1. The zero-order valence-electron chi connectivity index (χ0n) is 11.0. The highest BCUT2D eigenvalue weighted by atomic mass is 79.9. The summed E-state index contributed by atoms with van der Waals surface area (Å²) in [5.74, 6) is 0.